The summed E-state index contributed by atoms with van der Waals surface area (Å²) in [4.78, 5) is 16.2. The summed E-state index contributed by atoms with van der Waals surface area (Å²) < 4.78 is 19.1. The zero-order valence-corrected chi connectivity index (χ0v) is 24.4. The summed E-state index contributed by atoms with van der Waals surface area (Å²) in [5, 5.41) is 0. The third-order valence-corrected chi connectivity index (χ3v) is 8.52. The van der Waals surface area contributed by atoms with Gasteiger partial charge in [0.05, 0.1) is 5.56 Å². The minimum Gasteiger partial charge on any atom is -0.492 e. The minimum absolute atomic E-state index is 0.215. The number of ether oxygens (including phenoxy) is 3. The zero-order chi connectivity index (χ0) is 28.1. The molecule has 212 valence electrons. The summed E-state index contributed by atoms with van der Waals surface area (Å²) in [7, 11) is 0. The molecular formula is C34H42N2O4. The molecule has 3 aromatic carbocycles. The van der Waals surface area contributed by atoms with Crippen LogP contribution in [-0.2, 0) is 13.0 Å². The van der Waals surface area contributed by atoms with Crippen molar-refractivity contribution in [2.24, 2.45) is 0 Å². The Morgan fingerprint density at radius 2 is 1.57 bits per heavy atom. The molecule has 1 saturated heterocycles. The van der Waals surface area contributed by atoms with Gasteiger partial charge in [-0.05, 0) is 74.9 Å². The van der Waals surface area contributed by atoms with Gasteiger partial charge in [-0.1, -0.05) is 42.5 Å². The van der Waals surface area contributed by atoms with Gasteiger partial charge in [-0.3, -0.25) is 14.6 Å². The molecule has 5 rings (SSSR count). The van der Waals surface area contributed by atoms with Crippen LogP contribution in [0.1, 0.15) is 51.5 Å². The van der Waals surface area contributed by atoms with E-state index < -0.39 is 0 Å². The van der Waals surface area contributed by atoms with Crippen LogP contribution in [0.15, 0.2) is 54.6 Å². The average molecular weight is 543 g/mol. The van der Waals surface area contributed by atoms with Crippen molar-refractivity contribution >= 4 is 6.29 Å². The molecule has 0 bridgehead atoms. The fraction of sp³-hybridized carbons (Fsp3) is 0.441. The fourth-order valence-corrected chi connectivity index (χ4v) is 5.98. The molecule has 0 amide bonds. The Morgan fingerprint density at radius 3 is 2.33 bits per heavy atom. The molecule has 40 heavy (non-hydrogen) atoms. The van der Waals surface area contributed by atoms with Crippen molar-refractivity contribution in [2.75, 3.05) is 45.9 Å². The third-order valence-electron chi connectivity index (χ3n) is 8.52. The normalized spacial score (nSPS) is 19.5. The number of nitrogens with zero attached hydrogens (tertiary/aromatic N) is 2. The number of hydrogen-bond donors (Lipinski definition) is 0. The van der Waals surface area contributed by atoms with Crippen molar-refractivity contribution in [2.45, 2.75) is 52.7 Å². The van der Waals surface area contributed by atoms with Gasteiger partial charge in [0.25, 0.3) is 0 Å². The lowest BCUT2D eigenvalue weighted by atomic mass is 9.86. The molecule has 3 aromatic rings. The van der Waals surface area contributed by atoms with Crippen LogP contribution in [0.2, 0.25) is 0 Å². The lowest BCUT2D eigenvalue weighted by molar-refractivity contribution is 0.00715. The van der Waals surface area contributed by atoms with E-state index in [0.29, 0.717) is 24.5 Å². The van der Waals surface area contributed by atoms with E-state index in [1.165, 1.54) is 27.8 Å². The van der Waals surface area contributed by atoms with Crippen molar-refractivity contribution in [1.29, 1.82) is 0 Å². The lowest BCUT2D eigenvalue weighted by Crippen LogP contribution is -2.54. The molecule has 1 fully saturated rings. The largest absolute Gasteiger partial charge is 0.492 e. The second-order valence-corrected chi connectivity index (χ2v) is 11.5. The van der Waals surface area contributed by atoms with Crippen molar-refractivity contribution in [3.8, 4) is 17.2 Å². The van der Waals surface area contributed by atoms with Crippen LogP contribution < -0.4 is 14.2 Å². The predicted molar refractivity (Wildman–Crippen MR) is 159 cm³/mol. The first-order valence-electron chi connectivity index (χ1n) is 14.5. The van der Waals surface area contributed by atoms with Crippen LogP contribution in [0, 0.1) is 20.8 Å². The Hall–Kier alpha value is -3.35. The first-order chi connectivity index (χ1) is 19.4. The Bertz CT molecular complexity index is 1320. The van der Waals surface area contributed by atoms with Gasteiger partial charge in [0, 0.05) is 44.8 Å². The number of carbonyl (C=O) groups is 1. The topological polar surface area (TPSA) is 51.2 Å². The zero-order valence-electron chi connectivity index (χ0n) is 24.4. The van der Waals surface area contributed by atoms with E-state index >= 15 is 0 Å². The Balaban J connectivity index is 1.15. The first kappa shape index (κ1) is 28.2. The van der Waals surface area contributed by atoms with E-state index in [-0.39, 0.29) is 5.60 Å². The summed E-state index contributed by atoms with van der Waals surface area (Å²) in [6.45, 7) is 15.7. The molecule has 2 heterocycles. The maximum absolute atomic E-state index is 11.2. The number of piperazine rings is 1. The maximum Gasteiger partial charge on any atom is 0.153 e. The number of aldehydes is 1. The van der Waals surface area contributed by atoms with E-state index in [0.717, 1.165) is 69.9 Å². The summed E-state index contributed by atoms with van der Waals surface area (Å²) in [6, 6.07) is 17.7. The van der Waals surface area contributed by atoms with Gasteiger partial charge in [0.1, 0.15) is 36.1 Å². The van der Waals surface area contributed by atoms with Crippen LogP contribution in [0.3, 0.4) is 0 Å². The number of benzene rings is 3. The van der Waals surface area contributed by atoms with Crippen molar-refractivity contribution in [1.82, 2.24) is 9.80 Å². The van der Waals surface area contributed by atoms with Gasteiger partial charge in [-0.15, -0.1) is 0 Å². The second-order valence-electron chi connectivity index (χ2n) is 11.5. The van der Waals surface area contributed by atoms with Crippen LogP contribution in [-0.4, -0.2) is 67.6 Å². The van der Waals surface area contributed by atoms with Crippen LogP contribution in [0.4, 0.5) is 0 Å². The summed E-state index contributed by atoms with van der Waals surface area (Å²) in [6.07, 6.45) is 2.84. The molecule has 2 aliphatic heterocycles. The Morgan fingerprint density at radius 1 is 0.875 bits per heavy atom. The van der Waals surface area contributed by atoms with Crippen molar-refractivity contribution in [3.05, 3.63) is 88.0 Å². The Kier molecular flexibility index (Phi) is 8.77. The highest BCUT2D eigenvalue weighted by atomic mass is 16.5. The molecule has 0 spiro atoms. The second kappa shape index (κ2) is 12.4. The standard InChI is InChI=1S/C34H42N2O4/c1-25-26(2)33-30(27(3)32(25)39-23-28-10-6-5-7-11-28)14-15-34(4,40-33)24-36-18-16-35(17-19-36)20-21-38-31-13-9-8-12-29(31)22-37/h5-13,22H,14-21,23-24H2,1-4H3. The van der Waals surface area contributed by atoms with E-state index in [1.54, 1.807) is 6.07 Å². The molecule has 6 heteroatoms. The highest BCUT2D eigenvalue weighted by Crippen LogP contribution is 2.44. The summed E-state index contributed by atoms with van der Waals surface area (Å²) in [5.41, 5.74) is 6.43. The molecule has 1 unspecified atom stereocenters. The number of hydrogen-bond acceptors (Lipinski definition) is 6. The van der Waals surface area contributed by atoms with E-state index in [9.17, 15) is 4.79 Å². The first-order valence-corrected chi connectivity index (χ1v) is 14.5. The molecule has 0 N–H and O–H groups in total. The molecule has 6 nitrogen and oxygen atoms in total. The molecule has 0 saturated carbocycles. The molecular weight excluding hydrogens is 500 g/mol. The molecule has 0 aromatic heterocycles. The summed E-state index contributed by atoms with van der Waals surface area (Å²) >= 11 is 0. The molecule has 2 aliphatic rings. The molecule has 1 atom stereocenters. The van der Waals surface area contributed by atoms with Gasteiger partial charge >= 0.3 is 0 Å². The monoisotopic (exact) mass is 542 g/mol. The minimum atomic E-state index is -0.215. The van der Waals surface area contributed by atoms with E-state index in [4.69, 9.17) is 14.2 Å². The number of carbonyl (C=O) groups excluding carboxylic acids is 1. The predicted octanol–water partition coefficient (Wildman–Crippen LogP) is 5.78. The third kappa shape index (κ3) is 6.34. The average Bonchev–Trinajstić information content (AvgIpc) is 2.97. The summed E-state index contributed by atoms with van der Waals surface area (Å²) in [5.74, 6) is 2.72. The quantitative estimate of drug-likeness (QED) is 0.303. The van der Waals surface area contributed by atoms with Crippen LogP contribution >= 0.6 is 0 Å². The van der Waals surface area contributed by atoms with Gasteiger partial charge in [-0.25, -0.2) is 0 Å². The van der Waals surface area contributed by atoms with E-state index in [2.05, 4.69) is 61.8 Å². The number of fused-ring (bicyclic) bond motifs is 1. The van der Waals surface area contributed by atoms with Crippen molar-refractivity contribution in [3.63, 3.8) is 0 Å². The lowest BCUT2D eigenvalue weighted by Gasteiger charge is -2.43. The van der Waals surface area contributed by atoms with E-state index in [1.807, 2.05) is 24.3 Å². The van der Waals surface area contributed by atoms with Crippen LogP contribution in [0.25, 0.3) is 0 Å². The number of para-hydroxylation sites is 1. The van der Waals surface area contributed by atoms with Crippen molar-refractivity contribution < 1.29 is 19.0 Å². The highest BCUT2D eigenvalue weighted by Gasteiger charge is 2.37. The Labute approximate surface area is 238 Å². The molecule has 0 aliphatic carbocycles. The number of rotatable bonds is 10. The van der Waals surface area contributed by atoms with Crippen LogP contribution in [0.5, 0.6) is 17.2 Å². The van der Waals surface area contributed by atoms with Gasteiger partial charge in [-0.2, -0.15) is 0 Å². The molecule has 0 radical (unpaired) electrons. The van der Waals surface area contributed by atoms with Gasteiger partial charge in [0.15, 0.2) is 6.29 Å². The maximum atomic E-state index is 11.2. The fourth-order valence-electron chi connectivity index (χ4n) is 5.98. The van der Waals surface area contributed by atoms with Gasteiger partial charge < -0.3 is 14.2 Å². The smallest absolute Gasteiger partial charge is 0.153 e. The SMILES string of the molecule is Cc1c(C)c2c(c(C)c1OCc1ccccc1)CCC(C)(CN1CCN(CCOc3ccccc3C=O)CC1)O2. The van der Waals surface area contributed by atoms with Gasteiger partial charge in [0.2, 0.25) is 0 Å². The highest BCUT2D eigenvalue weighted by molar-refractivity contribution is 5.79.